The van der Waals surface area contributed by atoms with Crippen LogP contribution in [0.3, 0.4) is 0 Å². The molecule has 29 heavy (non-hydrogen) atoms. The van der Waals surface area contributed by atoms with Crippen molar-refractivity contribution >= 4 is 43.6 Å². The van der Waals surface area contributed by atoms with Crippen molar-refractivity contribution in [1.29, 1.82) is 0 Å². The van der Waals surface area contributed by atoms with Crippen LogP contribution in [0.1, 0.15) is 0 Å². The van der Waals surface area contributed by atoms with Crippen molar-refractivity contribution in [2.24, 2.45) is 0 Å². The molecular formula is C24H16N4Ru. The minimum Gasteiger partial charge on any atom is -0.256 e. The van der Waals surface area contributed by atoms with E-state index in [9.17, 15) is 0 Å². The molecule has 0 fully saturated rings. The van der Waals surface area contributed by atoms with E-state index < -0.39 is 0 Å². The van der Waals surface area contributed by atoms with Gasteiger partial charge in [0.05, 0.1) is 22.1 Å². The Morgan fingerprint density at radius 1 is 0.414 bits per heavy atom. The molecule has 0 N–H and O–H groups in total. The largest absolute Gasteiger partial charge is 0.256 e. The van der Waals surface area contributed by atoms with Crippen LogP contribution in [0.4, 0.5) is 0 Å². The third kappa shape index (κ3) is 3.69. The predicted octanol–water partition coefficient (Wildman–Crippen LogP) is 5.56. The summed E-state index contributed by atoms with van der Waals surface area (Å²) >= 11 is 0. The van der Waals surface area contributed by atoms with Gasteiger partial charge in [0.1, 0.15) is 0 Å². The molecule has 4 aromatic heterocycles. The molecule has 0 saturated heterocycles. The van der Waals surface area contributed by atoms with Gasteiger partial charge in [-0.3, -0.25) is 19.9 Å². The number of benzene rings is 2. The van der Waals surface area contributed by atoms with Crippen LogP contribution in [0, 0.1) is 0 Å². The average Bonchev–Trinajstić information content (AvgIpc) is 2.79. The molecule has 6 rings (SSSR count). The number of aromatic nitrogens is 4. The maximum absolute atomic E-state index is 4.37. The zero-order valence-corrected chi connectivity index (χ0v) is 17.1. The third-order valence-corrected chi connectivity index (χ3v) is 4.71. The van der Waals surface area contributed by atoms with E-state index in [0.29, 0.717) is 0 Å². The summed E-state index contributed by atoms with van der Waals surface area (Å²) in [4.78, 5) is 17.3. The molecule has 0 aliphatic heterocycles. The summed E-state index contributed by atoms with van der Waals surface area (Å²) in [5.41, 5.74) is 4.05. The van der Waals surface area contributed by atoms with E-state index in [1.807, 2.05) is 48.8 Å². The number of hydrogen-bond donors (Lipinski definition) is 0. The smallest absolute Gasteiger partial charge is 0.0795 e. The molecule has 6 aromatic rings. The summed E-state index contributed by atoms with van der Waals surface area (Å²) in [6.45, 7) is 0. The zero-order valence-electron chi connectivity index (χ0n) is 15.4. The average molecular weight is 461 g/mol. The molecule has 2 aromatic carbocycles. The van der Waals surface area contributed by atoms with Gasteiger partial charge in [0.2, 0.25) is 0 Å². The second-order valence-corrected chi connectivity index (χ2v) is 6.42. The van der Waals surface area contributed by atoms with E-state index in [1.54, 1.807) is 12.4 Å². The Kier molecular flexibility index (Phi) is 5.50. The van der Waals surface area contributed by atoms with Gasteiger partial charge in [-0.15, -0.1) is 0 Å². The van der Waals surface area contributed by atoms with Gasteiger partial charge in [-0.05, 0) is 48.5 Å². The first kappa shape index (κ1) is 19.0. The summed E-state index contributed by atoms with van der Waals surface area (Å²) in [5, 5.41) is 4.55. The van der Waals surface area contributed by atoms with Gasteiger partial charge in [-0.1, -0.05) is 24.3 Å². The van der Waals surface area contributed by atoms with E-state index in [4.69, 9.17) is 0 Å². The molecule has 0 bridgehead atoms. The van der Waals surface area contributed by atoms with Crippen LogP contribution >= 0.6 is 0 Å². The van der Waals surface area contributed by atoms with Crippen LogP contribution in [-0.4, -0.2) is 19.9 Å². The van der Waals surface area contributed by atoms with Crippen LogP contribution in [0.2, 0.25) is 0 Å². The van der Waals surface area contributed by atoms with Crippen LogP contribution in [0.5, 0.6) is 0 Å². The summed E-state index contributed by atoms with van der Waals surface area (Å²) < 4.78 is 0. The number of rotatable bonds is 0. The Labute approximate surface area is 180 Å². The van der Waals surface area contributed by atoms with Crippen LogP contribution in [-0.2, 0) is 19.5 Å². The van der Waals surface area contributed by atoms with Crippen molar-refractivity contribution in [2.75, 3.05) is 0 Å². The van der Waals surface area contributed by atoms with E-state index in [0.717, 1.165) is 43.6 Å². The standard InChI is InChI=1S/2C12H8N2.Ru/c2*1-3-9-5-6-11-10(4-2-7-13-11)12(9)14-8-1;/h2*1-8H;. The third-order valence-electron chi connectivity index (χ3n) is 4.71. The molecule has 0 aliphatic rings. The van der Waals surface area contributed by atoms with E-state index in [2.05, 4.69) is 56.3 Å². The second kappa shape index (κ2) is 8.38. The van der Waals surface area contributed by atoms with Crippen molar-refractivity contribution in [3.8, 4) is 0 Å². The Hall–Kier alpha value is -3.30. The molecular weight excluding hydrogens is 445 g/mol. The minimum atomic E-state index is 0. The normalized spacial score (nSPS) is 10.5. The number of pyridine rings is 4. The molecule has 140 valence electrons. The molecule has 0 spiro atoms. The fourth-order valence-corrected chi connectivity index (χ4v) is 3.39. The summed E-state index contributed by atoms with van der Waals surface area (Å²) in [7, 11) is 0. The Bertz CT molecular complexity index is 1210. The van der Waals surface area contributed by atoms with Gasteiger partial charge in [0, 0.05) is 65.8 Å². The Balaban J connectivity index is 0.000000137. The van der Waals surface area contributed by atoms with Gasteiger partial charge in [0.25, 0.3) is 0 Å². The Morgan fingerprint density at radius 3 is 1.31 bits per heavy atom. The van der Waals surface area contributed by atoms with Crippen molar-refractivity contribution in [1.82, 2.24) is 19.9 Å². The first-order chi connectivity index (χ1) is 13.9. The summed E-state index contributed by atoms with van der Waals surface area (Å²) in [6, 6.07) is 24.2. The fraction of sp³-hybridized carbons (Fsp3) is 0. The summed E-state index contributed by atoms with van der Waals surface area (Å²) in [6.07, 6.45) is 7.23. The molecule has 4 heterocycles. The molecule has 0 atom stereocenters. The van der Waals surface area contributed by atoms with Crippen molar-refractivity contribution in [2.45, 2.75) is 0 Å². The zero-order chi connectivity index (χ0) is 18.8. The van der Waals surface area contributed by atoms with Gasteiger partial charge in [-0.25, -0.2) is 0 Å². The second-order valence-electron chi connectivity index (χ2n) is 6.42. The van der Waals surface area contributed by atoms with E-state index in [-0.39, 0.29) is 19.5 Å². The molecule has 0 aliphatic carbocycles. The topological polar surface area (TPSA) is 51.6 Å². The number of nitrogens with zero attached hydrogens (tertiary/aromatic N) is 4. The predicted molar refractivity (Wildman–Crippen MR) is 114 cm³/mol. The van der Waals surface area contributed by atoms with Crippen LogP contribution in [0.25, 0.3) is 43.6 Å². The number of fused-ring (bicyclic) bond motifs is 6. The SMILES string of the molecule is [Ru].c1cnc2c(c1)ccc1ncccc12.c1cnc2c(c1)ccc1ncccc12. The minimum absolute atomic E-state index is 0. The van der Waals surface area contributed by atoms with Gasteiger partial charge < -0.3 is 0 Å². The summed E-state index contributed by atoms with van der Waals surface area (Å²) in [5.74, 6) is 0. The van der Waals surface area contributed by atoms with Gasteiger partial charge in [-0.2, -0.15) is 0 Å². The molecule has 5 heteroatoms. The molecule has 0 amide bonds. The van der Waals surface area contributed by atoms with Crippen LogP contribution in [0.15, 0.2) is 97.6 Å². The molecule has 0 radical (unpaired) electrons. The molecule has 0 unspecified atom stereocenters. The fourth-order valence-electron chi connectivity index (χ4n) is 3.39. The van der Waals surface area contributed by atoms with Gasteiger partial charge in [0.15, 0.2) is 0 Å². The maximum Gasteiger partial charge on any atom is 0.0795 e. The first-order valence-electron chi connectivity index (χ1n) is 9.07. The number of hydrogen-bond acceptors (Lipinski definition) is 4. The quantitative estimate of drug-likeness (QED) is 0.219. The van der Waals surface area contributed by atoms with Crippen molar-refractivity contribution in [3.05, 3.63) is 97.6 Å². The van der Waals surface area contributed by atoms with Gasteiger partial charge >= 0.3 is 0 Å². The van der Waals surface area contributed by atoms with Crippen LogP contribution < -0.4 is 0 Å². The molecule has 4 nitrogen and oxygen atoms in total. The van der Waals surface area contributed by atoms with E-state index >= 15 is 0 Å². The van der Waals surface area contributed by atoms with Crippen molar-refractivity contribution < 1.29 is 19.5 Å². The van der Waals surface area contributed by atoms with Crippen molar-refractivity contribution in [3.63, 3.8) is 0 Å². The molecule has 0 saturated carbocycles. The maximum atomic E-state index is 4.37. The van der Waals surface area contributed by atoms with E-state index in [1.165, 1.54) is 0 Å². The Morgan fingerprint density at radius 2 is 0.828 bits per heavy atom. The first-order valence-corrected chi connectivity index (χ1v) is 9.07. The monoisotopic (exact) mass is 462 g/mol.